The van der Waals surface area contributed by atoms with E-state index in [0.29, 0.717) is 0 Å². The molecular formula is C11H18N2O. The van der Waals surface area contributed by atoms with Crippen molar-refractivity contribution in [1.29, 1.82) is 0 Å². The van der Waals surface area contributed by atoms with E-state index in [-0.39, 0.29) is 6.10 Å². The molecule has 0 radical (unpaired) electrons. The Kier molecular flexibility index (Phi) is 2.87. The lowest BCUT2D eigenvalue weighted by Crippen LogP contribution is -2.06. The molecule has 0 bridgehead atoms. The second kappa shape index (κ2) is 4.13. The van der Waals surface area contributed by atoms with Crippen molar-refractivity contribution in [3.8, 4) is 0 Å². The monoisotopic (exact) mass is 194 g/mol. The fraction of sp³-hybridized carbons (Fsp3) is 0.727. The van der Waals surface area contributed by atoms with Gasteiger partial charge in [-0.05, 0) is 25.7 Å². The van der Waals surface area contributed by atoms with Gasteiger partial charge in [0.2, 0.25) is 0 Å². The largest absolute Gasteiger partial charge is 0.387 e. The van der Waals surface area contributed by atoms with Gasteiger partial charge in [-0.3, -0.25) is 0 Å². The van der Waals surface area contributed by atoms with Crippen molar-refractivity contribution in [2.24, 2.45) is 5.92 Å². The molecule has 1 atom stereocenters. The van der Waals surface area contributed by atoms with Crippen LogP contribution in [-0.2, 0) is 6.54 Å². The molecule has 3 nitrogen and oxygen atoms in total. The molecule has 1 N–H and O–H groups in total. The van der Waals surface area contributed by atoms with Gasteiger partial charge in [0, 0.05) is 6.54 Å². The van der Waals surface area contributed by atoms with Gasteiger partial charge in [-0.25, -0.2) is 4.98 Å². The lowest BCUT2D eigenvalue weighted by Gasteiger charge is -2.11. The molecule has 0 amide bonds. The van der Waals surface area contributed by atoms with Crippen molar-refractivity contribution >= 4 is 0 Å². The number of rotatable bonds is 5. The smallest absolute Gasteiger partial charge is 0.0955 e. The minimum atomic E-state index is -0.321. The van der Waals surface area contributed by atoms with Crippen molar-refractivity contribution in [3.05, 3.63) is 18.2 Å². The van der Waals surface area contributed by atoms with E-state index in [1.165, 1.54) is 12.8 Å². The van der Waals surface area contributed by atoms with Crippen LogP contribution in [0.25, 0.3) is 0 Å². The lowest BCUT2D eigenvalue weighted by atomic mass is 10.1. The molecule has 1 heterocycles. The molecule has 1 aromatic heterocycles. The fourth-order valence-corrected chi connectivity index (χ4v) is 1.82. The Morgan fingerprint density at radius 1 is 1.64 bits per heavy atom. The molecule has 1 saturated carbocycles. The van der Waals surface area contributed by atoms with Crippen LogP contribution in [0.3, 0.4) is 0 Å². The number of aryl methyl sites for hydroxylation is 1. The van der Waals surface area contributed by atoms with Gasteiger partial charge in [-0.2, -0.15) is 0 Å². The van der Waals surface area contributed by atoms with Gasteiger partial charge < -0.3 is 9.67 Å². The fourth-order valence-electron chi connectivity index (χ4n) is 1.82. The number of aliphatic hydroxyl groups excluding tert-OH is 1. The SMILES string of the molecule is CCn1cncc1C(O)CCC1CC1. The molecule has 0 aliphatic heterocycles. The standard InChI is InChI=1S/C11H18N2O/c1-2-13-8-12-7-10(13)11(14)6-5-9-3-4-9/h7-9,11,14H,2-6H2,1H3. The van der Waals surface area contributed by atoms with Crippen LogP contribution in [0.1, 0.15) is 44.4 Å². The highest BCUT2D eigenvalue weighted by Gasteiger charge is 2.23. The van der Waals surface area contributed by atoms with E-state index in [1.807, 2.05) is 4.57 Å². The Bertz CT molecular complexity index is 291. The number of nitrogens with zero attached hydrogens (tertiary/aromatic N) is 2. The minimum Gasteiger partial charge on any atom is -0.387 e. The predicted molar refractivity (Wildman–Crippen MR) is 54.8 cm³/mol. The molecule has 1 aliphatic carbocycles. The lowest BCUT2D eigenvalue weighted by molar-refractivity contribution is 0.153. The van der Waals surface area contributed by atoms with Crippen molar-refractivity contribution < 1.29 is 5.11 Å². The quantitative estimate of drug-likeness (QED) is 0.779. The van der Waals surface area contributed by atoms with Crippen LogP contribution in [0.15, 0.2) is 12.5 Å². The Morgan fingerprint density at radius 2 is 2.43 bits per heavy atom. The van der Waals surface area contributed by atoms with E-state index in [2.05, 4.69) is 11.9 Å². The second-order valence-electron chi connectivity index (χ2n) is 4.14. The van der Waals surface area contributed by atoms with Gasteiger partial charge in [0.05, 0.1) is 24.3 Å². The van der Waals surface area contributed by atoms with Gasteiger partial charge in [-0.1, -0.05) is 12.8 Å². The molecule has 1 fully saturated rings. The van der Waals surface area contributed by atoms with Gasteiger partial charge >= 0.3 is 0 Å². The van der Waals surface area contributed by atoms with E-state index in [9.17, 15) is 5.11 Å². The number of hydrogen-bond acceptors (Lipinski definition) is 2. The number of hydrogen-bond donors (Lipinski definition) is 1. The summed E-state index contributed by atoms with van der Waals surface area (Å²) in [4.78, 5) is 4.06. The number of aromatic nitrogens is 2. The minimum absolute atomic E-state index is 0.321. The number of imidazole rings is 1. The molecule has 78 valence electrons. The molecule has 0 saturated heterocycles. The molecule has 2 rings (SSSR count). The van der Waals surface area contributed by atoms with E-state index < -0.39 is 0 Å². The summed E-state index contributed by atoms with van der Waals surface area (Å²) in [7, 11) is 0. The third kappa shape index (κ3) is 2.15. The molecular weight excluding hydrogens is 176 g/mol. The first-order valence-corrected chi connectivity index (χ1v) is 5.49. The average Bonchev–Trinajstić information content (AvgIpc) is 2.90. The summed E-state index contributed by atoms with van der Waals surface area (Å²) < 4.78 is 2.01. The maximum Gasteiger partial charge on any atom is 0.0955 e. The van der Waals surface area contributed by atoms with E-state index >= 15 is 0 Å². The van der Waals surface area contributed by atoms with Crippen molar-refractivity contribution in [2.45, 2.75) is 45.3 Å². The first-order chi connectivity index (χ1) is 6.81. The normalized spacial score (nSPS) is 18.4. The maximum atomic E-state index is 9.94. The second-order valence-corrected chi connectivity index (χ2v) is 4.14. The van der Waals surface area contributed by atoms with Crippen LogP contribution in [0.5, 0.6) is 0 Å². The van der Waals surface area contributed by atoms with Crippen molar-refractivity contribution in [1.82, 2.24) is 9.55 Å². The highest BCUT2D eigenvalue weighted by molar-refractivity contribution is 5.02. The summed E-state index contributed by atoms with van der Waals surface area (Å²) in [6, 6.07) is 0. The third-order valence-corrected chi connectivity index (χ3v) is 2.97. The topological polar surface area (TPSA) is 38.0 Å². The van der Waals surface area contributed by atoms with Crippen LogP contribution in [-0.4, -0.2) is 14.7 Å². The molecule has 1 unspecified atom stereocenters. The predicted octanol–water partition coefficient (Wildman–Crippen LogP) is 2.13. The summed E-state index contributed by atoms with van der Waals surface area (Å²) in [5.74, 6) is 0.891. The van der Waals surface area contributed by atoms with Crippen LogP contribution >= 0.6 is 0 Å². The van der Waals surface area contributed by atoms with E-state index in [1.54, 1.807) is 12.5 Å². The zero-order valence-corrected chi connectivity index (χ0v) is 8.69. The van der Waals surface area contributed by atoms with Crippen molar-refractivity contribution in [2.75, 3.05) is 0 Å². The van der Waals surface area contributed by atoms with E-state index in [4.69, 9.17) is 0 Å². The van der Waals surface area contributed by atoms with Crippen molar-refractivity contribution in [3.63, 3.8) is 0 Å². The first-order valence-electron chi connectivity index (χ1n) is 5.49. The highest BCUT2D eigenvalue weighted by Crippen LogP contribution is 2.35. The van der Waals surface area contributed by atoms with E-state index in [0.717, 1.165) is 31.0 Å². The molecule has 14 heavy (non-hydrogen) atoms. The third-order valence-electron chi connectivity index (χ3n) is 2.97. The van der Waals surface area contributed by atoms with Crippen LogP contribution in [0.4, 0.5) is 0 Å². The molecule has 0 aromatic carbocycles. The highest BCUT2D eigenvalue weighted by atomic mass is 16.3. The zero-order chi connectivity index (χ0) is 9.97. The Hall–Kier alpha value is -0.830. The van der Waals surface area contributed by atoms with Gasteiger partial charge in [0.15, 0.2) is 0 Å². The Labute approximate surface area is 84.8 Å². The number of aliphatic hydroxyl groups is 1. The molecule has 0 spiro atoms. The molecule has 3 heteroatoms. The maximum absolute atomic E-state index is 9.94. The summed E-state index contributed by atoms with van der Waals surface area (Å²) >= 11 is 0. The van der Waals surface area contributed by atoms with Gasteiger partial charge in [-0.15, -0.1) is 0 Å². The molecule has 1 aromatic rings. The average molecular weight is 194 g/mol. The summed E-state index contributed by atoms with van der Waals surface area (Å²) in [5.41, 5.74) is 0.966. The first kappa shape index (κ1) is 9.71. The molecule has 1 aliphatic rings. The van der Waals surface area contributed by atoms with Crippen LogP contribution < -0.4 is 0 Å². The van der Waals surface area contributed by atoms with Gasteiger partial charge in [0.25, 0.3) is 0 Å². The zero-order valence-electron chi connectivity index (χ0n) is 8.69. The summed E-state index contributed by atoms with van der Waals surface area (Å²) in [6.07, 6.45) is 8.01. The Balaban J connectivity index is 1.91. The Morgan fingerprint density at radius 3 is 3.07 bits per heavy atom. The summed E-state index contributed by atoms with van der Waals surface area (Å²) in [5, 5.41) is 9.94. The van der Waals surface area contributed by atoms with Crippen LogP contribution in [0.2, 0.25) is 0 Å². The van der Waals surface area contributed by atoms with Gasteiger partial charge in [0.1, 0.15) is 0 Å². The van der Waals surface area contributed by atoms with Crippen LogP contribution in [0, 0.1) is 5.92 Å². The summed E-state index contributed by atoms with van der Waals surface area (Å²) in [6.45, 7) is 2.95.